The van der Waals surface area contributed by atoms with Gasteiger partial charge in [-0.25, -0.2) is 14.6 Å². The van der Waals surface area contributed by atoms with Crippen molar-refractivity contribution in [3.05, 3.63) is 28.9 Å². The molecule has 1 aromatic heterocycles. The van der Waals surface area contributed by atoms with Crippen LogP contribution in [0.5, 0.6) is 0 Å². The van der Waals surface area contributed by atoms with Crippen molar-refractivity contribution in [2.45, 2.75) is 69.5 Å². The lowest BCUT2D eigenvalue weighted by molar-refractivity contribution is -0.360. The second kappa shape index (κ2) is 6.49. The summed E-state index contributed by atoms with van der Waals surface area (Å²) in [7, 11) is 0. The van der Waals surface area contributed by atoms with Crippen molar-refractivity contribution in [3.63, 3.8) is 0 Å². The third-order valence-corrected chi connectivity index (χ3v) is 5.24. The summed E-state index contributed by atoms with van der Waals surface area (Å²) in [6.45, 7) is 9.22. The number of amides is 1. The van der Waals surface area contributed by atoms with Crippen molar-refractivity contribution < 1.29 is 28.5 Å². The van der Waals surface area contributed by atoms with Crippen LogP contribution in [0.25, 0.3) is 0 Å². The Morgan fingerprint density at radius 3 is 2.62 bits per heavy atom. The van der Waals surface area contributed by atoms with Gasteiger partial charge in [-0.1, -0.05) is 0 Å². The number of carbonyl (C=O) groups is 1. The summed E-state index contributed by atoms with van der Waals surface area (Å²) in [6.07, 6.45) is 1.27. The molecule has 4 atom stereocenters. The maximum atomic E-state index is 12.4. The lowest BCUT2D eigenvalue weighted by Gasteiger charge is -2.57. The molecule has 4 fully saturated rings. The van der Waals surface area contributed by atoms with Gasteiger partial charge in [0.2, 0.25) is 5.72 Å². The zero-order chi connectivity index (χ0) is 21.1. The van der Waals surface area contributed by atoms with E-state index in [4.69, 9.17) is 23.7 Å². The molecule has 0 spiro atoms. The van der Waals surface area contributed by atoms with E-state index in [0.29, 0.717) is 0 Å². The molecule has 29 heavy (non-hydrogen) atoms. The average molecular weight is 409 g/mol. The number of fused-ring (bicyclic) bond motifs is 2. The van der Waals surface area contributed by atoms with Gasteiger partial charge < -0.3 is 29.0 Å². The third kappa shape index (κ3) is 3.43. The molecule has 4 aliphatic heterocycles. The molecule has 1 aromatic rings. The largest absolute Gasteiger partial charge is 0.444 e. The minimum atomic E-state index is -1.20. The van der Waals surface area contributed by atoms with Crippen LogP contribution >= 0.6 is 0 Å². The summed E-state index contributed by atoms with van der Waals surface area (Å²) in [6, 6.07) is 1.65. The van der Waals surface area contributed by atoms with E-state index in [0.717, 1.165) is 0 Å². The molecule has 4 aliphatic rings. The highest BCUT2D eigenvalue weighted by Gasteiger charge is 2.70. The number of aromatic nitrogens is 2. The molecule has 5 heterocycles. The fourth-order valence-electron chi connectivity index (χ4n) is 4.04. The van der Waals surface area contributed by atoms with Crippen molar-refractivity contribution in [1.29, 1.82) is 0 Å². The number of ether oxygens (including phenoxy) is 5. The first-order chi connectivity index (χ1) is 13.5. The van der Waals surface area contributed by atoms with E-state index in [1.165, 1.54) is 10.8 Å². The van der Waals surface area contributed by atoms with Crippen LogP contribution in [0.2, 0.25) is 0 Å². The topological polar surface area (TPSA) is 110 Å². The van der Waals surface area contributed by atoms with Gasteiger partial charge in [0.15, 0.2) is 5.79 Å². The number of rotatable bonds is 3. The second-order valence-electron chi connectivity index (χ2n) is 9.09. The van der Waals surface area contributed by atoms with Crippen LogP contribution in [0.1, 0.15) is 34.6 Å². The molecule has 10 nitrogen and oxygen atoms in total. The number of hydrogen-bond donors (Lipinski definition) is 1. The standard InChI is InChI=1S/C19H27N3O7/c1-16(2,3)29-15(24)21-9-18-10-26-19(11-25-18,22-8-6-7-20-14(22)23)13-12(18)27-17(4,5)28-13/h6-8,12-13H,9-11H2,1-5H3,(H,21,24)/t12-,13+,18+,19?/m1/s1. The summed E-state index contributed by atoms with van der Waals surface area (Å²) < 4.78 is 31.4. The SMILES string of the molecule is CC(C)(C)OC(=O)NC[C@@]12COC(n3cccnc3=O)(CO1)[C@H]1OC(C)(C)O[C@H]12. The number of alkyl carbamates (subject to hydrolysis) is 1. The predicted molar refractivity (Wildman–Crippen MR) is 99.2 cm³/mol. The smallest absolute Gasteiger partial charge is 0.407 e. The van der Waals surface area contributed by atoms with Gasteiger partial charge in [0.05, 0.1) is 19.8 Å². The Balaban J connectivity index is 1.62. The minimum Gasteiger partial charge on any atom is -0.444 e. The van der Waals surface area contributed by atoms with E-state index >= 15 is 0 Å². The summed E-state index contributed by atoms with van der Waals surface area (Å²) in [5, 5.41) is 2.75. The van der Waals surface area contributed by atoms with E-state index in [-0.39, 0.29) is 19.8 Å². The van der Waals surface area contributed by atoms with E-state index in [2.05, 4.69) is 10.3 Å². The Morgan fingerprint density at radius 1 is 1.28 bits per heavy atom. The van der Waals surface area contributed by atoms with Crippen molar-refractivity contribution in [1.82, 2.24) is 14.9 Å². The van der Waals surface area contributed by atoms with Crippen LogP contribution in [0, 0.1) is 0 Å². The Bertz CT molecular complexity index is 852. The zero-order valence-corrected chi connectivity index (χ0v) is 17.3. The first-order valence-corrected chi connectivity index (χ1v) is 9.61. The van der Waals surface area contributed by atoms with Gasteiger partial charge in [0, 0.05) is 12.4 Å². The summed E-state index contributed by atoms with van der Waals surface area (Å²) in [5.74, 6) is -0.912. The van der Waals surface area contributed by atoms with Gasteiger partial charge in [-0.3, -0.25) is 4.57 Å². The van der Waals surface area contributed by atoms with Gasteiger partial charge in [0.25, 0.3) is 0 Å². The Hall–Kier alpha value is -2.01. The summed E-state index contributed by atoms with van der Waals surface area (Å²) in [5.41, 5.74) is -3.25. The molecular formula is C19H27N3O7. The summed E-state index contributed by atoms with van der Waals surface area (Å²) >= 11 is 0. The van der Waals surface area contributed by atoms with Crippen LogP contribution in [0.3, 0.4) is 0 Å². The maximum Gasteiger partial charge on any atom is 0.407 e. The molecule has 0 saturated carbocycles. The molecule has 4 saturated heterocycles. The van der Waals surface area contributed by atoms with E-state index in [9.17, 15) is 9.59 Å². The lowest BCUT2D eigenvalue weighted by atomic mass is 9.81. The highest BCUT2D eigenvalue weighted by molar-refractivity contribution is 5.67. The quantitative estimate of drug-likeness (QED) is 0.778. The van der Waals surface area contributed by atoms with Crippen LogP contribution in [0.4, 0.5) is 4.79 Å². The predicted octanol–water partition coefficient (Wildman–Crippen LogP) is 0.740. The molecule has 0 radical (unpaired) electrons. The average Bonchev–Trinajstić information content (AvgIpc) is 2.97. The van der Waals surface area contributed by atoms with Crippen molar-refractivity contribution in [2.75, 3.05) is 19.8 Å². The number of carbonyl (C=O) groups excluding carboxylic acids is 1. The third-order valence-electron chi connectivity index (χ3n) is 5.24. The van der Waals surface area contributed by atoms with Gasteiger partial charge in [0.1, 0.15) is 23.4 Å². The van der Waals surface area contributed by atoms with Gasteiger partial charge in [-0.2, -0.15) is 0 Å². The Kier molecular flexibility index (Phi) is 4.54. The van der Waals surface area contributed by atoms with Gasteiger partial charge in [-0.15, -0.1) is 0 Å². The molecule has 1 amide bonds. The molecule has 1 unspecified atom stereocenters. The fourth-order valence-corrected chi connectivity index (χ4v) is 4.04. The molecule has 5 rings (SSSR count). The number of nitrogens with zero attached hydrogens (tertiary/aromatic N) is 2. The minimum absolute atomic E-state index is 0.0508. The van der Waals surface area contributed by atoms with Crippen molar-refractivity contribution in [2.24, 2.45) is 0 Å². The molecule has 0 aromatic carbocycles. The van der Waals surface area contributed by atoms with Gasteiger partial charge in [-0.05, 0) is 40.7 Å². The van der Waals surface area contributed by atoms with E-state index in [1.807, 2.05) is 0 Å². The normalized spacial score (nSPS) is 35.2. The van der Waals surface area contributed by atoms with Crippen molar-refractivity contribution >= 4 is 6.09 Å². The monoisotopic (exact) mass is 409 g/mol. The maximum absolute atomic E-state index is 12.4. The van der Waals surface area contributed by atoms with Crippen LogP contribution < -0.4 is 11.0 Å². The van der Waals surface area contributed by atoms with Crippen molar-refractivity contribution in [3.8, 4) is 0 Å². The lowest BCUT2D eigenvalue weighted by Crippen LogP contribution is -2.77. The molecule has 0 aliphatic carbocycles. The number of nitrogens with one attached hydrogen (secondary N) is 1. The Labute approximate surface area is 168 Å². The fraction of sp³-hybridized carbons (Fsp3) is 0.737. The molecule has 1 N–H and O–H groups in total. The molecule has 2 bridgehead atoms. The van der Waals surface area contributed by atoms with Gasteiger partial charge >= 0.3 is 11.8 Å². The summed E-state index contributed by atoms with van der Waals surface area (Å²) in [4.78, 5) is 28.4. The number of hydrogen-bond acceptors (Lipinski definition) is 8. The zero-order valence-electron chi connectivity index (χ0n) is 17.3. The van der Waals surface area contributed by atoms with Crippen LogP contribution in [0.15, 0.2) is 23.3 Å². The van der Waals surface area contributed by atoms with Crippen LogP contribution in [-0.4, -0.2) is 64.6 Å². The molecular weight excluding hydrogens is 382 g/mol. The molecule has 160 valence electrons. The second-order valence-corrected chi connectivity index (χ2v) is 9.09. The molecule has 10 heteroatoms. The van der Waals surface area contributed by atoms with E-state index in [1.54, 1.807) is 46.9 Å². The van der Waals surface area contributed by atoms with Crippen LogP contribution in [-0.2, 0) is 29.4 Å². The highest BCUT2D eigenvalue weighted by atomic mass is 16.8. The first kappa shape index (κ1) is 20.3. The Morgan fingerprint density at radius 2 is 2.00 bits per heavy atom. The first-order valence-electron chi connectivity index (χ1n) is 9.61. The van der Waals surface area contributed by atoms with E-state index < -0.39 is 46.7 Å². The highest BCUT2D eigenvalue weighted by Crippen LogP contribution is 2.51.